The molecule has 0 radical (unpaired) electrons. The minimum Gasteiger partial charge on any atom is -0.331 e. The summed E-state index contributed by atoms with van der Waals surface area (Å²) in [5, 5.41) is 0. The lowest BCUT2D eigenvalue weighted by Gasteiger charge is -2.23. The molecule has 0 aliphatic heterocycles. The van der Waals surface area contributed by atoms with E-state index in [1.54, 1.807) is 0 Å². The summed E-state index contributed by atoms with van der Waals surface area (Å²) < 4.78 is 1.12. The summed E-state index contributed by atoms with van der Waals surface area (Å²) in [5.41, 5.74) is 0. The zero-order chi connectivity index (χ0) is 12.4. The first-order valence-corrected chi connectivity index (χ1v) is 7.22. The van der Waals surface area contributed by atoms with E-state index in [1.165, 1.54) is 57.9 Å². The van der Waals surface area contributed by atoms with Crippen molar-refractivity contribution in [3.8, 4) is 0 Å². The van der Waals surface area contributed by atoms with Crippen LogP contribution in [0, 0.1) is 5.92 Å². The van der Waals surface area contributed by atoms with Gasteiger partial charge >= 0.3 is 0 Å². The molecule has 0 unspecified atom stereocenters. The average Bonchev–Trinajstić information content (AvgIpc) is 2.13. The third-order valence-corrected chi connectivity index (χ3v) is 3.11. The molecule has 0 N–H and O–H groups in total. The molecule has 0 heterocycles. The highest BCUT2D eigenvalue weighted by atomic mass is 15.3. The summed E-state index contributed by atoms with van der Waals surface area (Å²) in [6.07, 6.45) is 11.5. The van der Waals surface area contributed by atoms with Crippen molar-refractivity contribution < 1.29 is 4.48 Å². The van der Waals surface area contributed by atoms with Crippen LogP contribution in [0.25, 0.3) is 0 Å². The molecule has 0 atom stereocenters. The van der Waals surface area contributed by atoms with Crippen LogP contribution in [0.5, 0.6) is 0 Å². The van der Waals surface area contributed by atoms with Crippen molar-refractivity contribution in [2.75, 3.05) is 27.7 Å². The van der Waals surface area contributed by atoms with Crippen LogP contribution >= 0.6 is 0 Å². The third kappa shape index (κ3) is 14.0. The molecule has 0 aliphatic carbocycles. The van der Waals surface area contributed by atoms with Crippen molar-refractivity contribution >= 4 is 0 Å². The molecule has 98 valence electrons. The molecule has 0 saturated carbocycles. The molecule has 0 aromatic carbocycles. The van der Waals surface area contributed by atoms with Gasteiger partial charge in [0.1, 0.15) is 0 Å². The molecular formula is C15H34N+. The predicted octanol–water partition coefficient (Wildman–Crippen LogP) is 4.47. The Morgan fingerprint density at radius 1 is 0.688 bits per heavy atom. The van der Waals surface area contributed by atoms with Crippen LogP contribution in [-0.4, -0.2) is 32.2 Å². The Bertz CT molecular complexity index is 144. The molecule has 16 heavy (non-hydrogen) atoms. The minimum absolute atomic E-state index is 0.893. The molecule has 0 bridgehead atoms. The molecule has 0 fully saturated rings. The van der Waals surface area contributed by atoms with Crippen molar-refractivity contribution in [1.29, 1.82) is 0 Å². The molecule has 0 aromatic heterocycles. The maximum absolute atomic E-state index is 2.32. The smallest absolute Gasteiger partial charge is 0.0780 e. The first kappa shape index (κ1) is 16.0. The molecule has 0 aliphatic rings. The molecule has 1 heteroatoms. The highest BCUT2D eigenvalue weighted by molar-refractivity contribution is 4.49. The summed E-state index contributed by atoms with van der Waals surface area (Å²) in [5.74, 6) is 0.893. The average molecular weight is 228 g/mol. The lowest BCUT2D eigenvalue weighted by atomic mass is 10.0. The Kier molecular flexibility index (Phi) is 9.02. The van der Waals surface area contributed by atoms with Crippen LogP contribution in [0.4, 0.5) is 0 Å². The van der Waals surface area contributed by atoms with Crippen LogP contribution in [0.1, 0.15) is 65.2 Å². The van der Waals surface area contributed by atoms with Gasteiger partial charge in [0.25, 0.3) is 0 Å². The first-order valence-electron chi connectivity index (χ1n) is 7.22. The normalized spacial score (nSPS) is 12.4. The van der Waals surface area contributed by atoms with Crippen LogP contribution in [0.15, 0.2) is 0 Å². The van der Waals surface area contributed by atoms with Crippen molar-refractivity contribution in [3.05, 3.63) is 0 Å². The van der Waals surface area contributed by atoms with Gasteiger partial charge in [-0.3, -0.25) is 0 Å². The fraction of sp³-hybridized carbons (Fsp3) is 1.00. The van der Waals surface area contributed by atoms with Gasteiger partial charge in [-0.25, -0.2) is 0 Å². The Balaban J connectivity index is 3.05. The van der Waals surface area contributed by atoms with Gasteiger partial charge in [0.2, 0.25) is 0 Å². The van der Waals surface area contributed by atoms with Gasteiger partial charge in [-0.15, -0.1) is 0 Å². The summed E-state index contributed by atoms with van der Waals surface area (Å²) >= 11 is 0. The van der Waals surface area contributed by atoms with Gasteiger partial charge in [0.15, 0.2) is 0 Å². The Hall–Kier alpha value is -0.0400. The van der Waals surface area contributed by atoms with E-state index in [9.17, 15) is 0 Å². The molecular weight excluding hydrogens is 194 g/mol. The number of quaternary nitrogens is 1. The Morgan fingerprint density at radius 3 is 1.56 bits per heavy atom. The highest BCUT2D eigenvalue weighted by Crippen LogP contribution is 2.12. The number of hydrogen-bond acceptors (Lipinski definition) is 0. The Labute approximate surface area is 104 Å². The minimum atomic E-state index is 0.893. The van der Waals surface area contributed by atoms with Crippen molar-refractivity contribution in [2.45, 2.75) is 65.2 Å². The summed E-state index contributed by atoms with van der Waals surface area (Å²) in [4.78, 5) is 0. The molecule has 1 nitrogen and oxygen atoms in total. The monoisotopic (exact) mass is 228 g/mol. The van der Waals surface area contributed by atoms with Crippen molar-refractivity contribution in [1.82, 2.24) is 0 Å². The fourth-order valence-corrected chi connectivity index (χ4v) is 2.02. The zero-order valence-corrected chi connectivity index (χ0v) is 12.4. The number of rotatable bonds is 10. The van der Waals surface area contributed by atoms with Crippen LogP contribution in [0.2, 0.25) is 0 Å². The van der Waals surface area contributed by atoms with Crippen molar-refractivity contribution in [2.24, 2.45) is 5.92 Å². The lowest BCUT2D eigenvalue weighted by molar-refractivity contribution is -0.870. The molecule has 0 amide bonds. The van der Waals surface area contributed by atoms with Gasteiger partial charge in [-0.05, 0) is 18.8 Å². The van der Waals surface area contributed by atoms with Gasteiger partial charge in [0.05, 0.1) is 27.7 Å². The second-order valence-corrected chi connectivity index (χ2v) is 6.67. The van der Waals surface area contributed by atoms with Gasteiger partial charge in [-0.1, -0.05) is 52.4 Å². The third-order valence-electron chi connectivity index (χ3n) is 3.11. The topological polar surface area (TPSA) is 0 Å². The second-order valence-electron chi connectivity index (χ2n) is 6.67. The molecule has 0 spiro atoms. The lowest BCUT2D eigenvalue weighted by Crippen LogP contribution is -2.35. The maximum atomic E-state index is 2.32. The quantitative estimate of drug-likeness (QED) is 0.382. The molecule has 0 aromatic rings. The van der Waals surface area contributed by atoms with Crippen LogP contribution in [-0.2, 0) is 0 Å². The number of unbranched alkanes of at least 4 members (excludes halogenated alkanes) is 6. The molecule has 0 saturated heterocycles. The summed E-state index contributed by atoms with van der Waals surface area (Å²) in [7, 11) is 6.85. The van der Waals surface area contributed by atoms with E-state index >= 15 is 0 Å². The SMILES string of the molecule is CC(C)CCCCCCCCC[N+](C)(C)C. The summed E-state index contributed by atoms with van der Waals surface area (Å²) in [6.45, 7) is 5.98. The van der Waals surface area contributed by atoms with Gasteiger partial charge in [0, 0.05) is 0 Å². The van der Waals surface area contributed by atoms with Gasteiger partial charge < -0.3 is 4.48 Å². The van der Waals surface area contributed by atoms with Crippen molar-refractivity contribution in [3.63, 3.8) is 0 Å². The fourth-order valence-electron chi connectivity index (χ4n) is 2.02. The van der Waals surface area contributed by atoms with Gasteiger partial charge in [-0.2, -0.15) is 0 Å². The van der Waals surface area contributed by atoms with E-state index < -0.39 is 0 Å². The van der Waals surface area contributed by atoms with E-state index in [-0.39, 0.29) is 0 Å². The van der Waals surface area contributed by atoms with E-state index in [4.69, 9.17) is 0 Å². The zero-order valence-electron chi connectivity index (χ0n) is 12.4. The van der Waals surface area contributed by atoms with E-state index in [2.05, 4.69) is 35.0 Å². The second kappa shape index (κ2) is 9.04. The highest BCUT2D eigenvalue weighted by Gasteiger charge is 2.04. The summed E-state index contributed by atoms with van der Waals surface area (Å²) in [6, 6.07) is 0. The van der Waals surface area contributed by atoms with E-state index in [0.29, 0.717) is 0 Å². The number of hydrogen-bond donors (Lipinski definition) is 0. The van der Waals surface area contributed by atoms with Crippen LogP contribution < -0.4 is 0 Å². The molecule has 0 rings (SSSR count). The predicted molar refractivity (Wildman–Crippen MR) is 74.7 cm³/mol. The first-order chi connectivity index (χ1) is 7.42. The van der Waals surface area contributed by atoms with Crippen LogP contribution in [0.3, 0.4) is 0 Å². The standard InChI is InChI=1S/C15H34N/c1-15(2)13-11-9-7-6-8-10-12-14-16(3,4)5/h15H,6-14H2,1-5H3/q+1. The largest absolute Gasteiger partial charge is 0.331 e. The Morgan fingerprint density at radius 2 is 1.12 bits per heavy atom. The van der Waals surface area contributed by atoms with E-state index in [1.807, 2.05) is 0 Å². The maximum Gasteiger partial charge on any atom is 0.0780 e. The number of nitrogens with zero attached hydrogens (tertiary/aromatic N) is 1. The van der Waals surface area contributed by atoms with E-state index in [0.717, 1.165) is 10.4 Å².